The molecule has 0 aliphatic carbocycles. The second kappa shape index (κ2) is 3.42. The molecule has 0 saturated heterocycles. The number of hydrogen-bond acceptors (Lipinski definition) is 2. The molecule has 2 heterocycles. The van der Waals surface area contributed by atoms with E-state index in [4.69, 9.17) is 5.11 Å². The van der Waals surface area contributed by atoms with E-state index in [1.807, 2.05) is 0 Å². The maximum Gasteiger partial charge on any atom is 0.307 e. The molecule has 72 valence electrons. The van der Waals surface area contributed by atoms with Crippen LogP contribution in [0.3, 0.4) is 0 Å². The molecule has 0 aliphatic heterocycles. The van der Waals surface area contributed by atoms with Crippen molar-refractivity contribution in [1.29, 1.82) is 0 Å². The second-order valence-corrected chi connectivity index (χ2v) is 3.71. The average Bonchev–Trinajstić information content (AvgIpc) is 2.44. The van der Waals surface area contributed by atoms with E-state index in [0.717, 1.165) is 15.7 Å². The molecule has 0 atom stereocenters. The summed E-state index contributed by atoms with van der Waals surface area (Å²) in [6.07, 6.45) is 3.32. The maximum absolute atomic E-state index is 10.6. The van der Waals surface area contributed by atoms with Gasteiger partial charge in [0, 0.05) is 6.20 Å². The lowest BCUT2D eigenvalue weighted by Crippen LogP contribution is -1.99. The first kappa shape index (κ1) is 9.21. The Morgan fingerprint density at radius 1 is 1.64 bits per heavy atom. The fourth-order valence-corrected chi connectivity index (χ4v) is 1.94. The molecule has 0 aromatic carbocycles. The van der Waals surface area contributed by atoms with E-state index < -0.39 is 5.97 Å². The largest absolute Gasteiger partial charge is 0.481 e. The molecule has 5 heteroatoms. The summed E-state index contributed by atoms with van der Waals surface area (Å²) in [6.45, 7) is 0. The van der Waals surface area contributed by atoms with Gasteiger partial charge in [-0.05, 0) is 33.6 Å². The first-order valence-electron chi connectivity index (χ1n) is 3.99. The molecule has 1 N–H and O–H groups in total. The van der Waals surface area contributed by atoms with Crippen molar-refractivity contribution < 1.29 is 9.90 Å². The lowest BCUT2D eigenvalue weighted by atomic mass is 10.2. The number of carboxylic acid groups (broad SMARTS) is 1. The van der Waals surface area contributed by atoms with Crippen LogP contribution in [0.5, 0.6) is 0 Å². The van der Waals surface area contributed by atoms with E-state index in [1.54, 1.807) is 29.1 Å². The SMILES string of the molecule is O=C(O)Cc1cc(Br)n2cnccc12. The molecule has 0 bridgehead atoms. The van der Waals surface area contributed by atoms with E-state index in [9.17, 15) is 4.79 Å². The average molecular weight is 255 g/mol. The summed E-state index contributed by atoms with van der Waals surface area (Å²) in [7, 11) is 0. The predicted molar refractivity (Wildman–Crippen MR) is 54.2 cm³/mol. The van der Waals surface area contributed by atoms with Crippen molar-refractivity contribution in [1.82, 2.24) is 9.38 Å². The Hall–Kier alpha value is -1.36. The normalized spacial score (nSPS) is 10.6. The number of rotatable bonds is 2. The Morgan fingerprint density at radius 2 is 2.43 bits per heavy atom. The molecule has 0 aliphatic rings. The highest BCUT2D eigenvalue weighted by Crippen LogP contribution is 2.20. The molecule has 0 fully saturated rings. The van der Waals surface area contributed by atoms with E-state index >= 15 is 0 Å². The van der Waals surface area contributed by atoms with Gasteiger partial charge in [0.25, 0.3) is 0 Å². The van der Waals surface area contributed by atoms with Gasteiger partial charge in [0.05, 0.1) is 22.9 Å². The van der Waals surface area contributed by atoms with Crippen molar-refractivity contribution >= 4 is 27.4 Å². The van der Waals surface area contributed by atoms with Crippen LogP contribution in [-0.4, -0.2) is 20.5 Å². The lowest BCUT2D eigenvalue weighted by Gasteiger charge is -1.95. The third-order valence-corrected chi connectivity index (χ3v) is 2.57. The monoisotopic (exact) mass is 254 g/mol. The zero-order valence-electron chi connectivity index (χ0n) is 7.14. The van der Waals surface area contributed by atoms with Crippen molar-refractivity contribution in [2.75, 3.05) is 0 Å². The minimum Gasteiger partial charge on any atom is -0.481 e. The molecule has 2 aromatic rings. The molecule has 0 radical (unpaired) electrons. The van der Waals surface area contributed by atoms with Crippen LogP contribution >= 0.6 is 15.9 Å². The fraction of sp³-hybridized carbons (Fsp3) is 0.111. The van der Waals surface area contributed by atoms with Crippen LogP contribution in [0.25, 0.3) is 5.52 Å². The lowest BCUT2D eigenvalue weighted by molar-refractivity contribution is -0.136. The van der Waals surface area contributed by atoms with Crippen LogP contribution in [0.4, 0.5) is 0 Å². The highest BCUT2D eigenvalue weighted by atomic mass is 79.9. The molecular weight excluding hydrogens is 248 g/mol. The number of nitrogens with zero attached hydrogens (tertiary/aromatic N) is 2. The third kappa shape index (κ3) is 1.50. The van der Waals surface area contributed by atoms with Gasteiger partial charge in [0.1, 0.15) is 0 Å². The van der Waals surface area contributed by atoms with Gasteiger partial charge in [0.15, 0.2) is 0 Å². The van der Waals surface area contributed by atoms with Crippen LogP contribution in [0.1, 0.15) is 5.56 Å². The zero-order chi connectivity index (χ0) is 10.1. The first-order chi connectivity index (χ1) is 6.68. The zero-order valence-corrected chi connectivity index (χ0v) is 8.73. The van der Waals surface area contributed by atoms with Gasteiger partial charge in [-0.15, -0.1) is 0 Å². The van der Waals surface area contributed by atoms with Crippen molar-refractivity contribution in [2.45, 2.75) is 6.42 Å². The second-order valence-electron chi connectivity index (χ2n) is 2.90. The van der Waals surface area contributed by atoms with Gasteiger partial charge in [-0.3, -0.25) is 9.20 Å². The number of hydrogen-bond donors (Lipinski definition) is 1. The number of carbonyl (C=O) groups is 1. The summed E-state index contributed by atoms with van der Waals surface area (Å²) in [5.41, 5.74) is 1.65. The van der Waals surface area contributed by atoms with E-state index in [1.165, 1.54) is 0 Å². The van der Waals surface area contributed by atoms with Gasteiger partial charge in [-0.25, -0.2) is 4.98 Å². The summed E-state index contributed by atoms with van der Waals surface area (Å²) < 4.78 is 2.62. The quantitative estimate of drug-likeness (QED) is 0.888. The Balaban J connectivity index is 2.60. The molecule has 0 spiro atoms. The molecule has 0 saturated carbocycles. The van der Waals surface area contributed by atoms with E-state index in [-0.39, 0.29) is 6.42 Å². The number of fused-ring (bicyclic) bond motifs is 1. The summed E-state index contributed by atoms with van der Waals surface area (Å²) >= 11 is 3.34. The van der Waals surface area contributed by atoms with Crippen molar-refractivity contribution in [3.63, 3.8) is 0 Å². The van der Waals surface area contributed by atoms with Crippen LogP contribution in [0.15, 0.2) is 29.3 Å². The van der Waals surface area contributed by atoms with Gasteiger partial charge in [0.2, 0.25) is 0 Å². The molecule has 0 unspecified atom stereocenters. The highest BCUT2D eigenvalue weighted by Gasteiger charge is 2.09. The van der Waals surface area contributed by atoms with Crippen LogP contribution in [0.2, 0.25) is 0 Å². The fourth-order valence-electron chi connectivity index (χ4n) is 1.39. The third-order valence-electron chi connectivity index (χ3n) is 1.95. The standard InChI is InChI=1S/C9H7BrN2O2/c10-8-3-6(4-9(13)14)7-1-2-11-5-12(7)8/h1-3,5H,4H2,(H,13,14). The Kier molecular flexibility index (Phi) is 2.25. The maximum atomic E-state index is 10.6. The highest BCUT2D eigenvalue weighted by molar-refractivity contribution is 9.10. The van der Waals surface area contributed by atoms with Crippen LogP contribution in [-0.2, 0) is 11.2 Å². The summed E-state index contributed by atoms with van der Waals surface area (Å²) in [5.74, 6) is -0.832. The van der Waals surface area contributed by atoms with Crippen LogP contribution in [0, 0.1) is 0 Å². The predicted octanol–water partition coefficient (Wildman–Crippen LogP) is 1.72. The van der Waals surface area contributed by atoms with Crippen molar-refractivity contribution in [3.05, 3.63) is 34.8 Å². The van der Waals surface area contributed by atoms with E-state index in [0.29, 0.717) is 0 Å². The summed E-state index contributed by atoms with van der Waals surface area (Å²) in [4.78, 5) is 14.5. The Labute approximate surface area is 88.3 Å². The minimum atomic E-state index is -0.832. The van der Waals surface area contributed by atoms with Gasteiger partial charge >= 0.3 is 5.97 Å². The van der Waals surface area contributed by atoms with Crippen LogP contribution < -0.4 is 0 Å². The molecule has 2 aromatic heterocycles. The van der Waals surface area contributed by atoms with Crippen molar-refractivity contribution in [3.8, 4) is 0 Å². The van der Waals surface area contributed by atoms with Gasteiger partial charge in [-0.1, -0.05) is 0 Å². The summed E-state index contributed by atoms with van der Waals surface area (Å²) in [6, 6.07) is 3.59. The number of aliphatic carboxylic acids is 1. The van der Waals surface area contributed by atoms with Gasteiger partial charge < -0.3 is 5.11 Å². The van der Waals surface area contributed by atoms with E-state index in [2.05, 4.69) is 20.9 Å². The summed E-state index contributed by atoms with van der Waals surface area (Å²) in [5, 5.41) is 8.70. The Morgan fingerprint density at radius 3 is 3.14 bits per heavy atom. The molecular formula is C9H7BrN2O2. The first-order valence-corrected chi connectivity index (χ1v) is 4.79. The molecule has 2 rings (SSSR count). The number of aromatic nitrogens is 2. The molecule has 4 nitrogen and oxygen atoms in total. The minimum absolute atomic E-state index is 0.0269. The molecule has 14 heavy (non-hydrogen) atoms. The number of halogens is 1. The molecule has 0 amide bonds. The topological polar surface area (TPSA) is 54.6 Å². The Bertz CT molecular complexity index is 493. The smallest absolute Gasteiger partial charge is 0.307 e. The van der Waals surface area contributed by atoms with Gasteiger partial charge in [-0.2, -0.15) is 0 Å². The number of carboxylic acids is 1. The van der Waals surface area contributed by atoms with Crippen molar-refractivity contribution in [2.24, 2.45) is 0 Å².